The number of aryl methyl sites for hydroxylation is 1. The molecule has 2 aromatic carbocycles. The number of carbonyl (C=O) groups is 1. The molecule has 0 bridgehead atoms. The first-order chi connectivity index (χ1) is 8.58. The molecule has 0 amide bonds. The summed E-state index contributed by atoms with van der Waals surface area (Å²) in [5.74, 6) is -0.0278. The largest absolute Gasteiger partial charge is 0.423 e. The maximum Gasteiger partial charge on any atom is 0.345 e. The number of carbonyl (C=O) groups excluding carboxylic acids is 1. The predicted octanol–water partition coefficient (Wildman–Crippen LogP) is 3.45. The number of benzene rings is 2. The molecule has 0 heterocycles. The van der Waals surface area contributed by atoms with Crippen LogP contribution in [0.5, 0.6) is 5.75 Å². The second kappa shape index (κ2) is 5.10. The Morgan fingerprint density at radius 3 is 2.61 bits per heavy atom. The number of hydrogen-bond acceptors (Lipinski definition) is 3. The lowest BCUT2D eigenvalue weighted by Gasteiger charge is -2.07. The zero-order valence-electron chi connectivity index (χ0n) is 9.81. The summed E-state index contributed by atoms with van der Waals surface area (Å²) in [5, 5.41) is 0.633. The number of ether oxygens (including phenoxy) is 1. The molecule has 3 nitrogen and oxygen atoms in total. The molecule has 0 aliphatic rings. The average molecular weight is 262 g/mol. The molecule has 0 aromatic heterocycles. The summed E-state index contributed by atoms with van der Waals surface area (Å²) in [6.07, 6.45) is 0. The van der Waals surface area contributed by atoms with E-state index in [1.165, 1.54) is 0 Å². The van der Waals surface area contributed by atoms with Gasteiger partial charge in [-0.05, 0) is 42.8 Å². The van der Waals surface area contributed by atoms with Gasteiger partial charge in [-0.1, -0.05) is 23.7 Å². The minimum atomic E-state index is -0.477. The Labute approximate surface area is 110 Å². The molecule has 18 heavy (non-hydrogen) atoms. The van der Waals surface area contributed by atoms with E-state index in [2.05, 4.69) is 0 Å². The van der Waals surface area contributed by atoms with E-state index in [0.717, 1.165) is 5.56 Å². The van der Waals surface area contributed by atoms with Gasteiger partial charge in [0.2, 0.25) is 0 Å². The van der Waals surface area contributed by atoms with Crippen LogP contribution in [0.2, 0.25) is 5.02 Å². The van der Waals surface area contributed by atoms with Crippen LogP contribution < -0.4 is 10.5 Å². The van der Waals surface area contributed by atoms with Gasteiger partial charge in [0, 0.05) is 10.7 Å². The van der Waals surface area contributed by atoms with Gasteiger partial charge in [0.25, 0.3) is 0 Å². The van der Waals surface area contributed by atoms with E-state index in [9.17, 15) is 4.79 Å². The highest BCUT2D eigenvalue weighted by Crippen LogP contribution is 2.22. The molecule has 0 spiro atoms. The van der Waals surface area contributed by atoms with Gasteiger partial charge in [0.1, 0.15) is 5.75 Å². The van der Waals surface area contributed by atoms with E-state index in [4.69, 9.17) is 22.1 Å². The molecule has 0 aliphatic carbocycles. The Balaban J connectivity index is 2.22. The molecule has 0 saturated heterocycles. The number of nitrogen functional groups attached to an aromatic ring is 1. The Hall–Kier alpha value is -2.00. The lowest BCUT2D eigenvalue weighted by molar-refractivity contribution is 0.0736. The Kier molecular flexibility index (Phi) is 3.53. The van der Waals surface area contributed by atoms with E-state index in [0.29, 0.717) is 22.0 Å². The molecule has 0 radical (unpaired) electrons. The Morgan fingerprint density at radius 2 is 1.94 bits per heavy atom. The van der Waals surface area contributed by atoms with Crippen LogP contribution in [-0.4, -0.2) is 5.97 Å². The van der Waals surface area contributed by atoms with Gasteiger partial charge in [0.05, 0.1) is 5.56 Å². The minimum Gasteiger partial charge on any atom is -0.423 e. The van der Waals surface area contributed by atoms with E-state index in [-0.39, 0.29) is 0 Å². The van der Waals surface area contributed by atoms with Crippen LogP contribution in [0.15, 0.2) is 42.5 Å². The van der Waals surface area contributed by atoms with Crippen LogP contribution in [0.4, 0.5) is 5.69 Å². The summed E-state index contributed by atoms with van der Waals surface area (Å²) >= 11 is 5.90. The topological polar surface area (TPSA) is 52.3 Å². The summed E-state index contributed by atoms with van der Waals surface area (Å²) < 4.78 is 5.24. The van der Waals surface area contributed by atoms with Gasteiger partial charge in [0.15, 0.2) is 0 Å². The number of hydrogen-bond donors (Lipinski definition) is 1. The Bertz CT molecular complexity index is 596. The first-order valence-corrected chi connectivity index (χ1v) is 5.78. The monoisotopic (exact) mass is 261 g/mol. The van der Waals surface area contributed by atoms with Crippen molar-refractivity contribution in [3.63, 3.8) is 0 Å². The maximum atomic E-state index is 11.9. The van der Waals surface area contributed by atoms with Crippen molar-refractivity contribution in [2.75, 3.05) is 5.73 Å². The van der Waals surface area contributed by atoms with Crippen LogP contribution in [0.25, 0.3) is 0 Å². The zero-order chi connectivity index (χ0) is 13.1. The molecular formula is C14H12ClNO2. The van der Waals surface area contributed by atoms with Crippen LogP contribution in [0, 0.1) is 6.92 Å². The van der Waals surface area contributed by atoms with Crippen molar-refractivity contribution < 1.29 is 9.53 Å². The van der Waals surface area contributed by atoms with Gasteiger partial charge in [-0.3, -0.25) is 0 Å². The molecule has 0 unspecified atom stereocenters. The molecule has 2 N–H and O–H groups in total. The van der Waals surface area contributed by atoms with Gasteiger partial charge in [-0.15, -0.1) is 0 Å². The second-order valence-corrected chi connectivity index (χ2v) is 4.29. The average Bonchev–Trinajstić information content (AvgIpc) is 2.34. The van der Waals surface area contributed by atoms with Gasteiger partial charge >= 0.3 is 5.97 Å². The molecule has 0 saturated carbocycles. The normalized spacial score (nSPS) is 10.1. The molecule has 0 atom stereocenters. The number of halogens is 1. The molecule has 0 fully saturated rings. The van der Waals surface area contributed by atoms with E-state index < -0.39 is 5.97 Å². The predicted molar refractivity (Wildman–Crippen MR) is 72.0 cm³/mol. The molecule has 0 aliphatic heterocycles. The molecule has 2 aromatic rings. The highest BCUT2D eigenvalue weighted by Gasteiger charge is 2.11. The highest BCUT2D eigenvalue weighted by molar-refractivity contribution is 6.31. The van der Waals surface area contributed by atoms with E-state index in [1.54, 1.807) is 42.5 Å². The fourth-order valence-corrected chi connectivity index (χ4v) is 1.64. The first-order valence-electron chi connectivity index (χ1n) is 5.41. The van der Waals surface area contributed by atoms with Crippen molar-refractivity contribution in [3.8, 4) is 5.75 Å². The van der Waals surface area contributed by atoms with Gasteiger partial charge < -0.3 is 10.5 Å². The molecular weight excluding hydrogens is 250 g/mol. The third-order valence-corrected chi connectivity index (χ3v) is 2.94. The van der Waals surface area contributed by atoms with Crippen LogP contribution in [0.3, 0.4) is 0 Å². The maximum absolute atomic E-state index is 11.9. The number of para-hydroxylation sites is 1. The van der Waals surface area contributed by atoms with Crippen molar-refractivity contribution in [2.24, 2.45) is 0 Å². The summed E-state index contributed by atoms with van der Waals surface area (Å²) in [6, 6.07) is 11.8. The third-order valence-electron chi connectivity index (χ3n) is 2.52. The molecule has 4 heteroatoms. The van der Waals surface area contributed by atoms with E-state index in [1.807, 2.05) is 6.92 Å². The van der Waals surface area contributed by atoms with Crippen LogP contribution in [-0.2, 0) is 0 Å². The van der Waals surface area contributed by atoms with Crippen LogP contribution >= 0.6 is 11.6 Å². The number of esters is 1. The summed E-state index contributed by atoms with van der Waals surface area (Å²) in [6.45, 7) is 1.84. The quantitative estimate of drug-likeness (QED) is 0.512. The minimum absolute atomic E-state index is 0.352. The fourth-order valence-electron chi connectivity index (χ4n) is 1.53. The summed E-state index contributed by atoms with van der Waals surface area (Å²) in [5.41, 5.74) is 7.31. The third kappa shape index (κ3) is 2.63. The van der Waals surface area contributed by atoms with Crippen molar-refractivity contribution in [3.05, 3.63) is 58.6 Å². The van der Waals surface area contributed by atoms with Crippen molar-refractivity contribution in [1.29, 1.82) is 0 Å². The second-order valence-electron chi connectivity index (χ2n) is 3.89. The number of rotatable bonds is 2. The lowest BCUT2D eigenvalue weighted by atomic mass is 10.2. The fraction of sp³-hybridized carbons (Fsp3) is 0.0714. The van der Waals surface area contributed by atoms with E-state index >= 15 is 0 Å². The Morgan fingerprint density at radius 1 is 1.22 bits per heavy atom. The van der Waals surface area contributed by atoms with Gasteiger partial charge in [-0.2, -0.15) is 0 Å². The van der Waals surface area contributed by atoms with Gasteiger partial charge in [-0.25, -0.2) is 4.79 Å². The first kappa shape index (κ1) is 12.5. The smallest absolute Gasteiger partial charge is 0.345 e. The number of nitrogens with two attached hydrogens (primary N) is 1. The van der Waals surface area contributed by atoms with Crippen molar-refractivity contribution in [1.82, 2.24) is 0 Å². The summed E-state index contributed by atoms with van der Waals surface area (Å²) in [7, 11) is 0. The standard InChI is InChI=1S/C14H12ClNO2/c1-9-8-10(6-7-12(9)15)18-14(17)11-4-2-3-5-13(11)16/h2-8H,16H2,1H3. The SMILES string of the molecule is Cc1cc(OC(=O)c2ccccc2N)ccc1Cl. The zero-order valence-corrected chi connectivity index (χ0v) is 10.6. The lowest BCUT2D eigenvalue weighted by Crippen LogP contribution is -2.11. The highest BCUT2D eigenvalue weighted by atomic mass is 35.5. The number of anilines is 1. The van der Waals surface area contributed by atoms with Crippen molar-refractivity contribution in [2.45, 2.75) is 6.92 Å². The molecule has 92 valence electrons. The van der Waals surface area contributed by atoms with Crippen molar-refractivity contribution >= 4 is 23.3 Å². The van der Waals surface area contributed by atoms with Crippen LogP contribution in [0.1, 0.15) is 15.9 Å². The summed E-state index contributed by atoms with van der Waals surface area (Å²) in [4.78, 5) is 11.9. The molecule has 2 rings (SSSR count).